The summed E-state index contributed by atoms with van der Waals surface area (Å²) in [4.78, 5) is 1.30. The van der Waals surface area contributed by atoms with Crippen LogP contribution in [0.5, 0.6) is 0 Å². The molecule has 1 atom stereocenters. The largest absolute Gasteiger partial charge is 0.378 e. The van der Waals surface area contributed by atoms with Crippen molar-refractivity contribution in [1.82, 2.24) is 0 Å². The monoisotopic (exact) mass is 335 g/mol. The summed E-state index contributed by atoms with van der Waals surface area (Å²) in [5.41, 5.74) is 3.69. The van der Waals surface area contributed by atoms with E-state index in [1.165, 1.54) is 16.0 Å². The first-order chi connectivity index (χ1) is 9.10. The van der Waals surface area contributed by atoms with E-state index in [2.05, 4.69) is 83.8 Å². The van der Waals surface area contributed by atoms with E-state index in [1.54, 1.807) is 11.8 Å². The van der Waals surface area contributed by atoms with Crippen LogP contribution >= 0.6 is 27.7 Å². The number of rotatable bonds is 4. The number of nitrogens with one attached hydrogen (secondary N) is 1. The first-order valence-corrected chi connectivity index (χ1v) is 8.28. The van der Waals surface area contributed by atoms with Gasteiger partial charge in [-0.3, -0.25) is 0 Å². The molecule has 0 aliphatic carbocycles. The molecule has 0 radical (unpaired) electrons. The van der Waals surface area contributed by atoms with Crippen molar-refractivity contribution < 1.29 is 0 Å². The van der Waals surface area contributed by atoms with Crippen molar-refractivity contribution in [2.75, 3.05) is 11.6 Å². The van der Waals surface area contributed by atoms with Gasteiger partial charge >= 0.3 is 0 Å². The zero-order chi connectivity index (χ0) is 13.8. The summed E-state index contributed by atoms with van der Waals surface area (Å²) in [5, 5.41) is 3.53. The highest BCUT2D eigenvalue weighted by molar-refractivity contribution is 9.10. The van der Waals surface area contributed by atoms with E-state index < -0.39 is 0 Å². The van der Waals surface area contributed by atoms with Crippen molar-refractivity contribution in [2.24, 2.45) is 0 Å². The summed E-state index contributed by atoms with van der Waals surface area (Å²) in [6, 6.07) is 15.4. The van der Waals surface area contributed by atoms with Gasteiger partial charge in [-0.25, -0.2) is 0 Å². The highest BCUT2D eigenvalue weighted by atomic mass is 79.9. The molecule has 3 heteroatoms. The third-order valence-corrected chi connectivity index (χ3v) is 4.77. The van der Waals surface area contributed by atoms with Gasteiger partial charge in [-0.05, 0) is 55.5 Å². The maximum absolute atomic E-state index is 3.57. The summed E-state index contributed by atoms with van der Waals surface area (Å²) in [6.45, 7) is 4.28. The second-order valence-electron chi connectivity index (χ2n) is 4.60. The zero-order valence-electron chi connectivity index (χ0n) is 11.4. The smallest absolute Gasteiger partial charge is 0.0485 e. The lowest BCUT2D eigenvalue weighted by Gasteiger charge is -2.16. The van der Waals surface area contributed by atoms with Crippen LogP contribution in [0.2, 0.25) is 0 Å². The molecule has 0 saturated heterocycles. The molecular weight excluding hydrogens is 318 g/mol. The molecule has 0 bridgehead atoms. The second kappa shape index (κ2) is 6.49. The Kier molecular flexibility index (Phi) is 4.94. The highest BCUT2D eigenvalue weighted by Crippen LogP contribution is 2.25. The molecule has 0 aliphatic heterocycles. The van der Waals surface area contributed by atoms with Gasteiger partial charge in [-0.15, -0.1) is 11.8 Å². The van der Waals surface area contributed by atoms with Crippen LogP contribution in [0.1, 0.15) is 24.1 Å². The van der Waals surface area contributed by atoms with Gasteiger partial charge in [0.1, 0.15) is 0 Å². The molecular formula is C16H18BrNS. The molecule has 0 amide bonds. The Bertz CT molecular complexity index is 551. The highest BCUT2D eigenvalue weighted by Gasteiger charge is 2.06. The van der Waals surface area contributed by atoms with Crippen LogP contribution in [-0.4, -0.2) is 6.26 Å². The fraction of sp³-hybridized carbons (Fsp3) is 0.250. The Hall–Kier alpha value is -0.930. The number of halogens is 1. The fourth-order valence-electron chi connectivity index (χ4n) is 1.91. The number of benzene rings is 2. The van der Waals surface area contributed by atoms with Gasteiger partial charge in [-0.1, -0.05) is 34.1 Å². The predicted molar refractivity (Wildman–Crippen MR) is 89.1 cm³/mol. The van der Waals surface area contributed by atoms with Crippen molar-refractivity contribution >= 4 is 33.4 Å². The minimum Gasteiger partial charge on any atom is -0.378 e. The quantitative estimate of drug-likeness (QED) is 0.724. The molecule has 2 aromatic carbocycles. The SMILES string of the molecule is CSc1ccc(C(C)Nc2ccc(C)c(Br)c2)cc1. The molecule has 1 N–H and O–H groups in total. The Labute approximate surface area is 127 Å². The summed E-state index contributed by atoms with van der Waals surface area (Å²) in [6.07, 6.45) is 2.10. The first-order valence-electron chi connectivity index (χ1n) is 6.27. The van der Waals surface area contributed by atoms with Crippen LogP contribution in [0.15, 0.2) is 51.8 Å². The second-order valence-corrected chi connectivity index (χ2v) is 6.34. The first kappa shape index (κ1) is 14.5. The van der Waals surface area contributed by atoms with Crippen LogP contribution in [0.3, 0.4) is 0 Å². The standard InChI is InChI=1S/C16H18BrNS/c1-11-4-7-14(10-16(11)17)18-12(2)13-5-8-15(19-3)9-6-13/h4-10,12,18H,1-3H3. The lowest BCUT2D eigenvalue weighted by molar-refractivity contribution is 0.882. The number of hydrogen-bond acceptors (Lipinski definition) is 2. The molecule has 0 saturated carbocycles. The topological polar surface area (TPSA) is 12.0 Å². The van der Waals surface area contributed by atoms with E-state index in [0.29, 0.717) is 6.04 Å². The predicted octanol–water partition coefficient (Wildman–Crippen LogP) is 5.65. The third kappa shape index (κ3) is 3.77. The number of aryl methyl sites for hydroxylation is 1. The summed E-state index contributed by atoms with van der Waals surface area (Å²) >= 11 is 5.34. The minimum absolute atomic E-state index is 0.297. The van der Waals surface area contributed by atoms with Gasteiger partial charge in [0.05, 0.1) is 0 Å². The molecule has 0 spiro atoms. The van der Waals surface area contributed by atoms with Crippen molar-refractivity contribution in [1.29, 1.82) is 0 Å². The van der Waals surface area contributed by atoms with Crippen LogP contribution < -0.4 is 5.32 Å². The maximum atomic E-state index is 3.57. The van der Waals surface area contributed by atoms with Crippen molar-refractivity contribution in [3.8, 4) is 0 Å². The van der Waals surface area contributed by atoms with Gasteiger partial charge in [0, 0.05) is 21.1 Å². The normalized spacial score (nSPS) is 12.2. The number of anilines is 1. The van der Waals surface area contributed by atoms with Crippen LogP contribution in [0.25, 0.3) is 0 Å². The fourth-order valence-corrected chi connectivity index (χ4v) is 2.70. The minimum atomic E-state index is 0.297. The van der Waals surface area contributed by atoms with E-state index in [9.17, 15) is 0 Å². The summed E-state index contributed by atoms with van der Waals surface area (Å²) in [7, 11) is 0. The summed E-state index contributed by atoms with van der Waals surface area (Å²) in [5.74, 6) is 0. The Morgan fingerprint density at radius 1 is 1.11 bits per heavy atom. The molecule has 2 rings (SSSR count). The molecule has 2 aromatic rings. The lowest BCUT2D eigenvalue weighted by Crippen LogP contribution is -2.06. The molecule has 100 valence electrons. The zero-order valence-corrected chi connectivity index (χ0v) is 13.8. The Morgan fingerprint density at radius 2 is 1.79 bits per heavy atom. The molecule has 0 fully saturated rings. The van der Waals surface area contributed by atoms with Gasteiger partial charge < -0.3 is 5.32 Å². The maximum Gasteiger partial charge on any atom is 0.0485 e. The molecule has 0 heterocycles. The molecule has 1 unspecified atom stereocenters. The van der Waals surface area contributed by atoms with E-state index >= 15 is 0 Å². The Balaban J connectivity index is 2.10. The lowest BCUT2D eigenvalue weighted by atomic mass is 10.1. The van der Waals surface area contributed by atoms with E-state index in [0.717, 1.165) is 10.2 Å². The number of hydrogen-bond donors (Lipinski definition) is 1. The molecule has 0 aromatic heterocycles. The van der Waals surface area contributed by atoms with Gasteiger partial charge in [-0.2, -0.15) is 0 Å². The van der Waals surface area contributed by atoms with E-state index in [4.69, 9.17) is 0 Å². The Morgan fingerprint density at radius 3 is 2.37 bits per heavy atom. The van der Waals surface area contributed by atoms with Crippen LogP contribution in [-0.2, 0) is 0 Å². The van der Waals surface area contributed by atoms with Crippen molar-refractivity contribution in [2.45, 2.75) is 24.8 Å². The van der Waals surface area contributed by atoms with Gasteiger partial charge in [0.25, 0.3) is 0 Å². The van der Waals surface area contributed by atoms with Crippen molar-refractivity contribution in [3.05, 3.63) is 58.1 Å². The molecule has 0 aliphatic rings. The van der Waals surface area contributed by atoms with E-state index in [-0.39, 0.29) is 0 Å². The molecule has 19 heavy (non-hydrogen) atoms. The molecule has 1 nitrogen and oxygen atoms in total. The number of thioether (sulfide) groups is 1. The van der Waals surface area contributed by atoms with Crippen molar-refractivity contribution in [3.63, 3.8) is 0 Å². The van der Waals surface area contributed by atoms with E-state index in [1.807, 2.05) is 0 Å². The van der Waals surface area contributed by atoms with Crippen LogP contribution in [0, 0.1) is 6.92 Å². The third-order valence-electron chi connectivity index (χ3n) is 3.17. The average molecular weight is 336 g/mol. The average Bonchev–Trinajstić information content (AvgIpc) is 2.43. The summed E-state index contributed by atoms with van der Waals surface area (Å²) < 4.78 is 1.14. The van der Waals surface area contributed by atoms with Gasteiger partial charge in [0.15, 0.2) is 0 Å². The van der Waals surface area contributed by atoms with Crippen LogP contribution in [0.4, 0.5) is 5.69 Å². The van der Waals surface area contributed by atoms with Gasteiger partial charge in [0.2, 0.25) is 0 Å².